The van der Waals surface area contributed by atoms with Crippen LogP contribution in [0.4, 0.5) is 0 Å². The maximum atomic E-state index is 12.5. The van der Waals surface area contributed by atoms with Gasteiger partial charge in [0.15, 0.2) is 5.69 Å². The first-order valence-corrected chi connectivity index (χ1v) is 7.75. The highest BCUT2D eigenvalue weighted by atomic mass is 16.2. The quantitative estimate of drug-likeness (QED) is 0.789. The lowest BCUT2D eigenvalue weighted by atomic mass is 9.70. The minimum absolute atomic E-state index is 0.0613. The van der Waals surface area contributed by atoms with Gasteiger partial charge >= 0.3 is 0 Å². The highest BCUT2D eigenvalue weighted by Crippen LogP contribution is 2.38. The lowest BCUT2D eigenvalue weighted by molar-refractivity contribution is 0.0850. The lowest BCUT2D eigenvalue weighted by Gasteiger charge is -2.48. The van der Waals surface area contributed by atoms with E-state index in [-0.39, 0.29) is 11.9 Å². The molecular weight excluding hydrogens is 264 g/mol. The van der Waals surface area contributed by atoms with Crippen LogP contribution in [0.15, 0.2) is 24.3 Å². The molecule has 110 valence electrons. The van der Waals surface area contributed by atoms with Crippen molar-refractivity contribution in [2.24, 2.45) is 0 Å². The van der Waals surface area contributed by atoms with Gasteiger partial charge in [-0.05, 0) is 44.7 Å². The van der Waals surface area contributed by atoms with E-state index in [0.717, 1.165) is 30.3 Å². The first-order chi connectivity index (χ1) is 10.3. The molecule has 0 bridgehead atoms. The van der Waals surface area contributed by atoms with Gasteiger partial charge in [-0.3, -0.25) is 9.89 Å². The van der Waals surface area contributed by atoms with Crippen molar-refractivity contribution in [2.45, 2.75) is 43.7 Å². The van der Waals surface area contributed by atoms with E-state index < -0.39 is 0 Å². The predicted molar refractivity (Wildman–Crippen MR) is 81.2 cm³/mol. The third kappa shape index (κ3) is 2.21. The van der Waals surface area contributed by atoms with Crippen LogP contribution in [0.2, 0.25) is 0 Å². The van der Waals surface area contributed by atoms with E-state index in [0.29, 0.717) is 11.2 Å². The van der Waals surface area contributed by atoms with Crippen LogP contribution in [0.3, 0.4) is 0 Å². The summed E-state index contributed by atoms with van der Waals surface area (Å²) >= 11 is 0. The first-order valence-electron chi connectivity index (χ1n) is 7.75. The number of amides is 1. The number of piperidine rings is 1. The summed E-state index contributed by atoms with van der Waals surface area (Å²) in [7, 11) is 0. The summed E-state index contributed by atoms with van der Waals surface area (Å²) in [5.41, 5.74) is 1.71. The van der Waals surface area contributed by atoms with Gasteiger partial charge in [0.2, 0.25) is 0 Å². The number of nitrogens with zero attached hydrogens (tertiary/aromatic N) is 1. The largest absolute Gasteiger partial charge is 0.348 e. The molecule has 1 spiro atoms. The summed E-state index contributed by atoms with van der Waals surface area (Å²) in [6, 6.07) is 8.00. The summed E-state index contributed by atoms with van der Waals surface area (Å²) in [6.07, 6.45) is 5.82. The van der Waals surface area contributed by atoms with Crippen molar-refractivity contribution < 1.29 is 4.79 Å². The smallest absolute Gasteiger partial charge is 0.272 e. The van der Waals surface area contributed by atoms with Gasteiger partial charge in [-0.1, -0.05) is 18.2 Å². The zero-order valence-electron chi connectivity index (χ0n) is 12.0. The molecule has 1 aliphatic heterocycles. The van der Waals surface area contributed by atoms with E-state index in [1.807, 2.05) is 24.3 Å². The summed E-state index contributed by atoms with van der Waals surface area (Å²) < 4.78 is 0. The molecule has 0 radical (unpaired) electrons. The number of nitrogens with one attached hydrogen (secondary N) is 3. The molecule has 2 fully saturated rings. The van der Waals surface area contributed by atoms with Gasteiger partial charge in [0, 0.05) is 17.0 Å². The van der Waals surface area contributed by atoms with Gasteiger partial charge in [-0.15, -0.1) is 0 Å². The summed E-state index contributed by atoms with van der Waals surface area (Å²) in [6.45, 7) is 0.992. The fourth-order valence-corrected chi connectivity index (χ4v) is 3.66. The number of carbonyl (C=O) groups excluding carboxylic acids is 1. The van der Waals surface area contributed by atoms with Crippen molar-refractivity contribution in [1.82, 2.24) is 20.8 Å². The fourth-order valence-electron chi connectivity index (χ4n) is 3.66. The summed E-state index contributed by atoms with van der Waals surface area (Å²) in [5, 5.41) is 14.8. The van der Waals surface area contributed by atoms with E-state index in [4.69, 9.17) is 0 Å². The van der Waals surface area contributed by atoms with Crippen molar-refractivity contribution in [3.8, 4) is 0 Å². The Morgan fingerprint density at radius 3 is 3.00 bits per heavy atom. The Morgan fingerprint density at radius 2 is 2.19 bits per heavy atom. The van der Waals surface area contributed by atoms with Crippen LogP contribution >= 0.6 is 0 Å². The Kier molecular flexibility index (Phi) is 2.96. The van der Waals surface area contributed by atoms with Crippen LogP contribution in [0, 0.1) is 0 Å². The number of benzene rings is 1. The van der Waals surface area contributed by atoms with Gasteiger partial charge in [-0.2, -0.15) is 5.10 Å². The molecule has 21 heavy (non-hydrogen) atoms. The van der Waals surface area contributed by atoms with Crippen molar-refractivity contribution in [1.29, 1.82) is 0 Å². The van der Waals surface area contributed by atoms with E-state index in [2.05, 4.69) is 20.8 Å². The number of hydrogen-bond acceptors (Lipinski definition) is 3. The van der Waals surface area contributed by atoms with Gasteiger partial charge in [0.1, 0.15) is 0 Å². The first kappa shape index (κ1) is 12.8. The fraction of sp³-hybridized carbons (Fsp3) is 0.500. The Balaban J connectivity index is 1.50. The molecule has 2 aliphatic rings. The summed E-state index contributed by atoms with van der Waals surface area (Å²) in [5.74, 6) is -0.0613. The number of carbonyl (C=O) groups is 1. The van der Waals surface area contributed by atoms with Crippen LogP contribution in [0.1, 0.15) is 42.6 Å². The van der Waals surface area contributed by atoms with Gasteiger partial charge in [0.05, 0.1) is 5.52 Å². The zero-order valence-corrected chi connectivity index (χ0v) is 12.0. The van der Waals surface area contributed by atoms with Crippen LogP contribution in [0.25, 0.3) is 10.9 Å². The second-order valence-electron chi connectivity index (χ2n) is 6.34. The number of aromatic amines is 1. The average molecular weight is 284 g/mol. The molecule has 1 aliphatic carbocycles. The number of H-pyrrole nitrogens is 1. The zero-order chi connectivity index (χ0) is 14.3. The number of hydrogen-bond donors (Lipinski definition) is 3. The second-order valence-corrected chi connectivity index (χ2v) is 6.34. The summed E-state index contributed by atoms with van der Waals surface area (Å²) in [4.78, 5) is 12.5. The normalized spacial score (nSPS) is 23.9. The van der Waals surface area contributed by atoms with Gasteiger partial charge in [0.25, 0.3) is 5.91 Å². The lowest BCUT2D eigenvalue weighted by Crippen LogP contribution is -2.59. The molecule has 1 saturated carbocycles. The van der Waals surface area contributed by atoms with Crippen molar-refractivity contribution >= 4 is 16.8 Å². The number of fused-ring (bicyclic) bond motifs is 1. The third-order valence-electron chi connectivity index (χ3n) is 4.96. The minimum atomic E-state index is -0.0613. The molecule has 1 saturated heterocycles. The van der Waals surface area contributed by atoms with Crippen LogP contribution in [-0.4, -0.2) is 34.2 Å². The number of aromatic nitrogens is 2. The molecule has 3 N–H and O–H groups in total. The Hall–Kier alpha value is -1.88. The molecule has 1 amide bonds. The van der Waals surface area contributed by atoms with Gasteiger partial charge < -0.3 is 10.6 Å². The van der Waals surface area contributed by atoms with Crippen LogP contribution in [-0.2, 0) is 0 Å². The highest BCUT2D eigenvalue weighted by molar-refractivity contribution is 6.04. The molecule has 2 heterocycles. The molecule has 2 aromatic rings. The molecule has 4 rings (SSSR count). The van der Waals surface area contributed by atoms with E-state index in [1.165, 1.54) is 19.3 Å². The number of rotatable bonds is 2. The topological polar surface area (TPSA) is 69.8 Å². The molecule has 5 heteroatoms. The molecule has 1 unspecified atom stereocenters. The molecular formula is C16H20N4O. The second kappa shape index (κ2) is 4.84. The monoisotopic (exact) mass is 284 g/mol. The molecule has 1 atom stereocenters. The maximum absolute atomic E-state index is 12.5. The Bertz CT molecular complexity index is 674. The SMILES string of the molecule is O=C(NC1CCNC2(CCC2)C1)c1n[nH]c2ccccc12. The van der Waals surface area contributed by atoms with Crippen LogP contribution in [0.5, 0.6) is 0 Å². The van der Waals surface area contributed by atoms with E-state index in [1.54, 1.807) is 0 Å². The average Bonchev–Trinajstić information content (AvgIpc) is 2.90. The van der Waals surface area contributed by atoms with Crippen molar-refractivity contribution in [3.05, 3.63) is 30.0 Å². The molecule has 1 aromatic heterocycles. The third-order valence-corrected chi connectivity index (χ3v) is 4.96. The maximum Gasteiger partial charge on any atom is 0.272 e. The molecule has 1 aromatic carbocycles. The van der Waals surface area contributed by atoms with E-state index in [9.17, 15) is 4.79 Å². The van der Waals surface area contributed by atoms with Crippen LogP contribution < -0.4 is 10.6 Å². The van der Waals surface area contributed by atoms with Crippen molar-refractivity contribution in [2.75, 3.05) is 6.54 Å². The van der Waals surface area contributed by atoms with E-state index >= 15 is 0 Å². The standard InChI is InChI=1S/C16H20N4O/c21-15(14-12-4-1-2-5-13(12)19-20-14)18-11-6-9-17-16(10-11)7-3-8-16/h1-2,4-5,11,17H,3,6-10H2,(H,18,21)(H,19,20). The van der Waals surface area contributed by atoms with Gasteiger partial charge in [-0.25, -0.2) is 0 Å². The Morgan fingerprint density at radius 1 is 1.33 bits per heavy atom. The minimum Gasteiger partial charge on any atom is -0.348 e. The number of para-hydroxylation sites is 1. The Labute approximate surface area is 123 Å². The van der Waals surface area contributed by atoms with Crippen molar-refractivity contribution in [3.63, 3.8) is 0 Å². The predicted octanol–water partition coefficient (Wildman–Crippen LogP) is 1.97. The highest BCUT2D eigenvalue weighted by Gasteiger charge is 2.41. The molecule has 5 nitrogen and oxygen atoms in total.